The van der Waals surface area contributed by atoms with E-state index in [-0.39, 0.29) is 24.1 Å². The maximum Gasteiger partial charge on any atom is 0.255 e. The van der Waals surface area contributed by atoms with Crippen molar-refractivity contribution in [2.24, 2.45) is 0 Å². The summed E-state index contributed by atoms with van der Waals surface area (Å²) < 4.78 is 0. The summed E-state index contributed by atoms with van der Waals surface area (Å²) in [6, 6.07) is 2.87. The molecular weight excluding hydrogens is 298 g/mol. The van der Waals surface area contributed by atoms with Crippen molar-refractivity contribution >= 4 is 29.3 Å². The number of rotatable bonds is 2. The first-order valence-corrected chi connectivity index (χ1v) is 7.42. The molecule has 0 saturated carbocycles. The molecule has 2 aliphatic heterocycles. The molecule has 1 aromatic carbocycles. The van der Waals surface area contributed by atoms with E-state index in [9.17, 15) is 19.2 Å². The average molecular weight is 315 g/mol. The smallest absolute Gasteiger partial charge is 0.255 e. The Morgan fingerprint density at radius 1 is 1.30 bits per heavy atom. The molecule has 0 aromatic heterocycles. The van der Waals surface area contributed by atoms with E-state index in [0.717, 1.165) is 11.1 Å². The lowest BCUT2D eigenvalue weighted by atomic mass is 10.0. The highest BCUT2D eigenvalue weighted by Crippen LogP contribution is 2.31. The Morgan fingerprint density at radius 3 is 2.70 bits per heavy atom. The molecule has 1 fully saturated rings. The van der Waals surface area contributed by atoms with E-state index in [4.69, 9.17) is 0 Å². The van der Waals surface area contributed by atoms with Gasteiger partial charge in [-0.25, -0.2) is 0 Å². The number of anilines is 1. The molecule has 1 atom stereocenters. The predicted octanol–water partition coefficient (Wildman–Crippen LogP) is 0.714. The molecule has 7 nitrogen and oxygen atoms in total. The second kappa shape index (κ2) is 5.49. The normalized spacial score (nSPS) is 20.3. The lowest BCUT2D eigenvalue weighted by molar-refractivity contribution is -0.137. The van der Waals surface area contributed by atoms with Crippen LogP contribution in [0.5, 0.6) is 0 Å². The van der Waals surface area contributed by atoms with Gasteiger partial charge in [0.2, 0.25) is 17.7 Å². The number of fused-ring (bicyclic) bond motifs is 1. The van der Waals surface area contributed by atoms with Crippen molar-refractivity contribution in [3.8, 4) is 0 Å². The van der Waals surface area contributed by atoms with Crippen molar-refractivity contribution in [3.05, 3.63) is 28.8 Å². The maximum absolute atomic E-state index is 12.7. The number of nitrogens with one attached hydrogen (secondary N) is 2. The van der Waals surface area contributed by atoms with Gasteiger partial charge in [0.1, 0.15) is 6.04 Å². The molecule has 3 rings (SSSR count). The van der Waals surface area contributed by atoms with E-state index in [1.54, 1.807) is 19.1 Å². The van der Waals surface area contributed by atoms with Crippen LogP contribution in [0, 0.1) is 6.92 Å². The van der Waals surface area contributed by atoms with E-state index in [2.05, 4.69) is 10.6 Å². The number of carbonyl (C=O) groups is 4. The molecule has 1 aromatic rings. The van der Waals surface area contributed by atoms with E-state index in [0.29, 0.717) is 24.2 Å². The Morgan fingerprint density at radius 2 is 2.04 bits per heavy atom. The number of nitrogens with zero attached hydrogens (tertiary/aromatic N) is 1. The highest BCUT2D eigenvalue weighted by Gasteiger charge is 2.39. The SMILES string of the molecule is CC(=O)Nc1cc(C)c2c(c1)CN(C1CCC(=O)NC1=O)C2=O. The first-order valence-electron chi connectivity index (χ1n) is 7.42. The molecule has 2 aliphatic rings. The largest absolute Gasteiger partial charge is 0.326 e. The Bertz CT molecular complexity index is 741. The molecule has 0 aliphatic carbocycles. The summed E-state index contributed by atoms with van der Waals surface area (Å²) >= 11 is 0. The fraction of sp³-hybridized carbons (Fsp3) is 0.375. The fourth-order valence-electron chi connectivity index (χ4n) is 3.20. The number of imide groups is 1. The van der Waals surface area contributed by atoms with E-state index >= 15 is 0 Å². The van der Waals surface area contributed by atoms with E-state index in [1.807, 2.05) is 0 Å². The topological polar surface area (TPSA) is 95.6 Å². The van der Waals surface area contributed by atoms with Gasteiger partial charge in [0.15, 0.2) is 0 Å². The van der Waals surface area contributed by atoms with Crippen LogP contribution in [-0.4, -0.2) is 34.6 Å². The van der Waals surface area contributed by atoms with Crippen molar-refractivity contribution in [1.29, 1.82) is 0 Å². The van der Waals surface area contributed by atoms with Crippen LogP contribution >= 0.6 is 0 Å². The summed E-state index contributed by atoms with van der Waals surface area (Å²) in [5, 5.41) is 4.98. The third-order valence-electron chi connectivity index (χ3n) is 4.14. The zero-order chi connectivity index (χ0) is 16.7. The minimum absolute atomic E-state index is 0.185. The zero-order valence-electron chi connectivity index (χ0n) is 12.9. The average Bonchev–Trinajstić information content (AvgIpc) is 2.75. The summed E-state index contributed by atoms with van der Waals surface area (Å²) in [6.07, 6.45) is 0.564. The predicted molar refractivity (Wildman–Crippen MR) is 81.5 cm³/mol. The summed E-state index contributed by atoms with van der Waals surface area (Å²) in [5.41, 5.74) is 2.74. The Hall–Kier alpha value is -2.70. The van der Waals surface area contributed by atoms with Crippen LogP contribution in [0.15, 0.2) is 12.1 Å². The Balaban J connectivity index is 1.89. The Kier molecular flexibility index (Phi) is 3.63. The third kappa shape index (κ3) is 2.69. The van der Waals surface area contributed by atoms with Crippen molar-refractivity contribution in [3.63, 3.8) is 0 Å². The van der Waals surface area contributed by atoms with Crippen LogP contribution in [0.3, 0.4) is 0 Å². The molecule has 2 N–H and O–H groups in total. The Labute approximate surface area is 133 Å². The zero-order valence-corrected chi connectivity index (χ0v) is 12.9. The monoisotopic (exact) mass is 315 g/mol. The quantitative estimate of drug-likeness (QED) is 0.786. The van der Waals surface area contributed by atoms with Crippen LogP contribution in [0.1, 0.15) is 41.3 Å². The first-order chi connectivity index (χ1) is 10.9. The van der Waals surface area contributed by atoms with Gasteiger partial charge in [0.05, 0.1) is 0 Å². The van der Waals surface area contributed by atoms with Gasteiger partial charge in [-0.2, -0.15) is 0 Å². The van der Waals surface area contributed by atoms with Crippen molar-refractivity contribution in [2.75, 3.05) is 5.32 Å². The molecule has 0 radical (unpaired) electrons. The molecular formula is C16H17N3O4. The van der Waals surface area contributed by atoms with Crippen LogP contribution in [-0.2, 0) is 20.9 Å². The minimum atomic E-state index is -0.629. The standard InChI is InChI=1S/C16H17N3O4/c1-8-5-11(17-9(2)20)6-10-7-19(16(23)14(8)10)12-3-4-13(21)18-15(12)22/h5-6,12H,3-4,7H2,1-2H3,(H,17,20)(H,18,21,22). The second-order valence-corrected chi connectivity index (χ2v) is 5.91. The molecule has 0 spiro atoms. The molecule has 2 heterocycles. The highest BCUT2D eigenvalue weighted by atomic mass is 16.2. The lowest BCUT2D eigenvalue weighted by Gasteiger charge is -2.29. The summed E-state index contributed by atoms with van der Waals surface area (Å²) in [6.45, 7) is 3.52. The molecule has 23 heavy (non-hydrogen) atoms. The molecule has 7 heteroatoms. The third-order valence-corrected chi connectivity index (χ3v) is 4.14. The van der Waals surface area contributed by atoms with Gasteiger partial charge in [-0.05, 0) is 36.6 Å². The summed E-state index contributed by atoms with van der Waals surface area (Å²) in [5.74, 6) is -1.13. The second-order valence-electron chi connectivity index (χ2n) is 5.91. The number of piperidine rings is 1. The number of hydrogen-bond donors (Lipinski definition) is 2. The fourth-order valence-corrected chi connectivity index (χ4v) is 3.20. The van der Waals surface area contributed by atoms with Gasteiger partial charge < -0.3 is 10.2 Å². The number of carbonyl (C=O) groups excluding carboxylic acids is 4. The van der Waals surface area contributed by atoms with Crippen molar-refractivity contribution < 1.29 is 19.2 Å². The molecule has 1 unspecified atom stereocenters. The summed E-state index contributed by atoms with van der Waals surface area (Å²) in [4.78, 5) is 48.6. The van der Waals surface area contributed by atoms with E-state index in [1.165, 1.54) is 11.8 Å². The molecule has 0 bridgehead atoms. The number of aryl methyl sites for hydroxylation is 1. The van der Waals surface area contributed by atoms with Crippen LogP contribution in [0.25, 0.3) is 0 Å². The van der Waals surface area contributed by atoms with Gasteiger partial charge in [-0.3, -0.25) is 24.5 Å². The van der Waals surface area contributed by atoms with Crippen LogP contribution < -0.4 is 10.6 Å². The molecule has 120 valence electrons. The first kappa shape index (κ1) is 15.2. The van der Waals surface area contributed by atoms with Gasteiger partial charge >= 0.3 is 0 Å². The van der Waals surface area contributed by atoms with Gasteiger partial charge in [0.25, 0.3) is 5.91 Å². The van der Waals surface area contributed by atoms with E-state index < -0.39 is 11.9 Å². The molecule has 4 amide bonds. The summed E-state index contributed by atoms with van der Waals surface area (Å²) in [7, 11) is 0. The van der Waals surface area contributed by atoms with Gasteiger partial charge in [-0.15, -0.1) is 0 Å². The van der Waals surface area contributed by atoms with Gasteiger partial charge in [0, 0.05) is 31.1 Å². The minimum Gasteiger partial charge on any atom is -0.326 e. The molecule has 1 saturated heterocycles. The number of hydrogen-bond acceptors (Lipinski definition) is 4. The van der Waals surface area contributed by atoms with Gasteiger partial charge in [-0.1, -0.05) is 0 Å². The van der Waals surface area contributed by atoms with Crippen LogP contribution in [0.4, 0.5) is 5.69 Å². The highest BCUT2D eigenvalue weighted by molar-refractivity contribution is 6.06. The lowest BCUT2D eigenvalue weighted by Crippen LogP contribution is -2.52. The number of amides is 4. The van der Waals surface area contributed by atoms with Crippen LogP contribution in [0.2, 0.25) is 0 Å². The number of benzene rings is 1. The van der Waals surface area contributed by atoms with Crippen molar-refractivity contribution in [1.82, 2.24) is 10.2 Å². The van der Waals surface area contributed by atoms with Crippen molar-refractivity contribution in [2.45, 2.75) is 39.3 Å². The maximum atomic E-state index is 12.7.